The van der Waals surface area contributed by atoms with E-state index in [1.54, 1.807) is 24.8 Å². The molecule has 22 heavy (non-hydrogen) atoms. The fourth-order valence-electron chi connectivity index (χ4n) is 1.83. The molecule has 0 radical (unpaired) electrons. The summed E-state index contributed by atoms with van der Waals surface area (Å²) < 4.78 is 0. The van der Waals surface area contributed by atoms with Crippen LogP contribution in [0.5, 0.6) is 0 Å². The Balaban J connectivity index is 1.58. The summed E-state index contributed by atoms with van der Waals surface area (Å²) in [6.07, 6.45) is 8.51. The van der Waals surface area contributed by atoms with Crippen molar-refractivity contribution in [2.75, 3.05) is 10.6 Å². The normalized spacial score (nSPS) is 10.2. The molecule has 0 fully saturated rings. The van der Waals surface area contributed by atoms with Gasteiger partial charge < -0.3 is 10.6 Å². The molecule has 0 atom stereocenters. The number of rotatable bonds is 6. The highest BCUT2D eigenvalue weighted by Gasteiger charge is 2.01. The minimum absolute atomic E-state index is 0.532. The summed E-state index contributed by atoms with van der Waals surface area (Å²) in [4.78, 5) is 20.5. The minimum Gasteiger partial charge on any atom is -0.350 e. The van der Waals surface area contributed by atoms with Crippen LogP contribution < -0.4 is 10.6 Å². The number of nitrogens with one attached hydrogen (secondary N) is 2. The molecule has 0 saturated heterocycles. The van der Waals surface area contributed by atoms with Crippen LogP contribution in [0.1, 0.15) is 11.1 Å². The van der Waals surface area contributed by atoms with Crippen LogP contribution in [0.2, 0.25) is 0 Å². The van der Waals surface area contributed by atoms with Crippen LogP contribution in [0.25, 0.3) is 0 Å². The molecule has 0 aliphatic rings. The number of hydrogen-bond donors (Lipinski definition) is 2. The second-order valence-corrected chi connectivity index (χ2v) is 4.55. The standard InChI is InChI=1S/C15H15N7/c1-5-16-6-2-12(1)9-18-14-20-11-21-15(22-14)19-10-13-3-7-17-8-4-13/h1-8,11H,9-10H2,(H2,18,19,20,21,22). The maximum atomic E-state index is 4.33. The van der Waals surface area contributed by atoms with Crippen molar-refractivity contribution in [2.24, 2.45) is 0 Å². The van der Waals surface area contributed by atoms with Crippen molar-refractivity contribution in [3.05, 3.63) is 66.5 Å². The molecule has 0 spiro atoms. The van der Waals surface area contributed by atoms with Crippen molar-refractivity contribution < 1.29 is 0 Å². The third kappa shape index (κ3) is 3.95. The predicted molar refractivity (Wildman–Crippen MR) is 83.0 cm³/mol. The molecule has 3 rings (SSSR count). The van der Waals surface area contributed by atoms with Crippen LogP contribution in [-0.2, 0) is 13.1 Å². The van der Waals surface area contributed by atoms with E-state index in [2.05, 4.69) is 35.6 Å². The Labute approximate surface area is 127 Å². The number of hydrogen-bond acceptors (Lipinski definition) is 7. The zero-order valence-electron chi connectivity index (χ0n) is 11.8. The van der Waals surface area contributed by atoms with Gasteiger partial charge in [0, 0.05) is 37.9 Å². The first-order valence-corrected chi connectivity index (χ1v) is 6.85. The van der Waals surface area contributed by atoms with Gasteiger partial charge in [-0.1, -0.05) is 0 Å². The first-order valence-electron chi connectivity index (χ1n) is 6.85. The highest BCUT2D eigenvalue weighted by atomic mass is 15.2. The summed E-state index contributed by atoms with van der Waals surface area (Å²) in [6, 6.07) is 7.77. The SMILES string of the molecule is c1cc(CNc2ncnc(NCc3ccncc3)n2)ccn1. The smallest absolute Gasteiger partial charge is 0.227 e. The Morgan fingerprint density at radius 3 is 1.59 bits per heavy atom. The molecule has 0 aliphatic heterocycles. The average Bonchev–Trinajstić information content (AvgIpc) is 2.60. The second-order valence-electron chi connectivity index (χ2n) is 4.55. The lowest BCUT2D eigenvalue weighted by Crippen LogP contribution is -2.08. The molecule has 3 aromatic rings. The summed E-state index contributed by atoms with van der Waals surface area (Å²) in [5.74, 6) is 1.06. The van der Waals surface area contributed by atoms with Crippen LogP contribution in [0, 0.1) is 0 Å². The van der Waals surface area contributed by atoms with Gasteiger partial charge in [-0.2, -0.15) is 4.98 Å². The van der Waals surface area contributed by atoms with Gasteiger partial charge in [0.1, 0.15) is 6.33 Å². The third-order valence-electron chi connectivity index (χ3n) is 2.97. The fourth-order valence-corrected chi connectivity index (χ4v) is 1.83. The van der Waals surface area contributed by atoms with E-state index in [0.717, 1.165) is 11.1 Å². The Kier molecular flexibility index (Phi) is 4.46. The largest absolute Gasteiger partial charge is 0.350 e. The van der Waals surface area contributed by atoms with E-state index in [1.807, 2.05) is 24.3 Å². The Morgan fingerprint density at radius 1 is 0.682 bits per heavy atom. The van der Waals surface area contributed by atoms with Crippen molar-refractivity contribution in [3.8, 4) is 0 Å². The van der Waals surface area contributed by atoms with Crippen molar-refractivity contribution in [1.82, 2.24) is 24.9 Å². The zero-order valence-corrected chi connectivity index (χ0v) is 11.8. The number of nitrogens with zero attached hydrogens (tertiary/aromatic N) is 5. The molecule has 0 saturated carbocycles. The van der Waals surface area contributed by atoms with E-state index < -0.39 is 0 Å². The van der Waals surface area contributed by atoms with E-state index in [-0.39, 0.29) is 0 Å². The van der Waals surface area contributed by atoms with Gasteiger partial charge >= 0.3 is 0 Å². The monoisotopic (exact) mass is 293 g/mol. The fraction of sp³-hybridized carbons (Fsp3) is 0.133. The quantitative estimate of drug-likeness (QED) is 0.717. The van der Waals surface area contributed by atoms with E-state index >= 15 is 0 Å². The van der Waals surface area contributed by atoms with Crippen molar-refractivity contribution >= 4 is 11.9 Å². The average molecular weight is 293 g/mol. The number of anilines is 2. The van der Waals surface area contributed by atoms with Gasteiger partial charge in [-0.3, -0.25) is 9.97 Å². The molecule has 0 aromatic carbocycles. The third-order valence-corrected chi connectivity index (χ3v) is 2.97. The van der Waals surface area contributed by atoms with Crippen LogP contribution in [-0.4, -0.2) is 24.9 Å². The first-order chi connectivity index (χ1) is 10.9. The number of aromatic nitrogens is 5. The van der Waals surface area contributed by atoms with Crippen LogP contribution in [0.3, 0.4) is 0 Å². The number of pyridine rings is 2. The van der Waals surface area contributed by atoms with Gasteiger partial charge in [-0.25, -0.2) is 9.97 Å². The van der Waals surface area contributed by atoms with Gasteiger partial charge in [0.05, 0.1) is 0 Å². The molecule has 0 amide bonds. The molecule has 7 nitrogen and oxygen atoms in total. The second kappa shape index (κ2) is 7.07. The Bertz CT molecular complexity index is 645. The van der Waals surface area contributed by atoms with Crippen LogP contribution in [0.4, 0.5) is 11.9 Å². The van der Waals surface area contributed by atoms with E-state index in [4.69, 9.17) is 0 Å². The van der Waals surface area contributed by atoms with Crippen LogP contribution >= 0.6 is 0 Å². The molecule has 0 bridgehead atoms. The molecule has 0 unspecified atom stereocenters. The van der Waals surface area contributed by atoms with Crippen molar-refractivity contribution in [3.63, 3.8) is 0 Å². The molecular weight excluding hydrogens is 278 g/mol. The van der Waals surface area contributed by atoms with E-state index in [9.17, 15) is 0 Å². The molecule has 7 heteroatoms. The highest BCUT2D eigenvalue weighted by molar-refractivity contribution is 5.34. The predicted octanol–water partition coefficient (Wildman–Crippen LogP) is 1.89. The molecule has 3 aromatic heterocycles. The topological polar surface area (TPSA) is 88.5 Å². The van der Waals surface area contributed by atoms with E-state index in [1.165, 1.54) is 6.33 Å². The molecular formula is C15H15N7. The first kappa shape index (κ1) is 13.9. The summed E-state index contributed by atoms with van der Waals surface area (Å²) in [5, 5.41) is 6.32. The zero-order chi connectivity index (χ0) is 15.0. The lowest BCUT2D eigenvalue weighted by Gasteiger charge is -2.07. The molecule has 0 aliphatic carbocycles. The highest BCUT2D eigenvalue weighted by Crippen LogP contribution is 2.06. The van der Waals surface area contributed by atoms with Crippen molar-refractivity contribution in [1.29, 1.82) is 0 Å². The summed E-state index contributed by atoms with van der Waals surface area (Å²) >= 11 is 0. The maximum Gasteiger partial charge on any atom is 0.227 e. The maximum absolute atomic E-state index is 4.33. The van der Waals surface area contributed by atoms with Gasteiger partial charge in [0.2, 0.25) is 11.9 Å². The minimum atomic E-state index is 0.532. The van der Waals surface area contributed by atoms with Gasteiger partial charge in [0.25, 0.3) is 0 Å². The van der Waals surface area contributed by atoms with Crippen LogP contribution in [0.15, 0.2) is 55.4 Å². The molecule has 110 valence electrons. The summed E-state index contributed by atoms with van der Waals surface area (Å²) in [7, 11) is 0. The van der Waals surface area contributed by atoms with Crippen molar-refractivity contribution in [2.45, 2.75) is 13.1 Å². The van der Waals surface area contributed by atoms with Gasteiger partial charge in [-0.05, 0) is 35.4 Å². The Hall–Kier alpha value is -3.09. The van der Waals surface area contributed by atoms with Gasteiger partial charge in [0.15, 0.2) is 0 Å². The molecule has 2 N–H and O–H groups in total. The summed E-state index contributed by atoms with van der Waals surface area (Å²) in [5.41, 5.74) is 2.23. The lowest BCUT2D eigenvalue weighted by molar-refractivity contribution is 0.975. The summed E-state index contributed by atoms with van der Waals surface area (Å²) in [6.45, 7) is 1.27. The molecule has 3 heterocycles. The Morgan fingerprint density at radius 2 is 1.14 bits per heavy atom. The van der Waals surface area contributed by atoms with Gasteiger partial charge in [-0.15, -0.1) is 0 Å². The van der Waals surface area contributed by atoms with E-state index in [0.29, 0.717) is 25.0 Å². The lowest BCUT2D eigenvalue weighted by atomic mass is 10.3.